The molecule has 5 nitrogen and oxygen atoms in total. The average molecular weight is 392 g/mol. The van der Waals surface area contributed by atoms with Crippen molar-refractivity contribution in [3.63, 3.8) is 0 Å². The number of benzene rings is 1. The monoisotopic (exact) mass is 391 g/mol. The number of hydrogen-bond acceptors (Lipinski definition) is 4. The molecule has 2 aromatic rings. The van der Waals surface area contributed by atoms with Gasteiger partial charge in [0, 0.05) is 6.54 Å². The highest BCUT2D eigenvalue weighted by atomic mass is 32.2. The summed E-state index contributed by atoms with van der Waals surface area (Å²) in [6.45, 7) is 10.4. The van der Waals surface area contributed by atoms with Crippen LogP contribution in [0.25, 0.3) is 0 Å². The van der Waals surface area contributed by atoms with Crippen LogP contribution in [0.1, 0.15) is 45.4 Å². The van der Waals surface area contributed by atoms with E-state index >= 15 is 0 Å². The van der Waals surface area contributed by atoms with Crippen LogP contribution in [0.5, 0.6) is 0 Å². The van der Waals surface area contributed by atoms with Crippen LogP contribution in [0.4, 0.5) is 0 Å². The first kappa shape index (κ1) is 21.6. The third-order valence-corrected chi connectivity index (χ3v) is 6.42. The molecule has 6 heteroatoms. The van der Waals surface area contributed by atoms with Crippen molar-refractivity contribution in [3.8, 4) is 0 Å². The molecule has 0 aliphatic heterocycles. The van der Waals surface area contributed by atoms with Crippen molar-refractivity contribution >= 4 is 9.84 Å². The molecule has 0 aliphatic rings. The zero-order valence-corrected chi connectivity index (χ0v) is 18.0. The van der Waals surface area contributed by atoms with Crippen molar-refractivity contribution < 1.29 is 8.42 Å². The molecule has 0 amide bonds. The summed E-state index contributed by atoms with van der Waals surface area (Å²) in [4.78, 5) is 6.57. The van der Waals surface area contributed by atoms with Gasteiger partial charge in [-0.3, -0.25) is 0 Å². The van der Waals surface area contributed by atoms with Gasteiger partial charge < -0.3 is 9.47 Å². The maximum Gasteiger partial charge on any atom is 0.228 e. The Morgan fingerprint density at radius 3 is 2.33 bits per heavy atom. The molecule has 1 heterocycles. The van der Waals surface area contributed by atoms with Crippen LogP contribution in [0.2, 0.25) is 0 Å². The molecule has 0 saturated heterocycles. The van der Waals surface area contributed by atoms with Gasteiger partial charge in [0.2, 0.25) is 15.0 Å². The lowest BCUT2D eigenvalue weighted by atomic mass is 10.1. The van der Waals surface area contributed by atoms with Gasteiger partial charge in [0.25, 0.3) is 0 Å². The molecule has 0 spiro atoms. The molecule has 1 aromatic heterocycles. The van der Waals surface area contributed by atoms with Gasteiger partial charge in [-0.1, -0.05) is 58.0 Å². The third kappa shape index (κ3) is 6.47. The van der Waals surface area contributed by atoms with Crippen molar-refractivity contribution in [2.75, 3.05) is 19.3 Å². The van der Waals surface area contributed by atoms with Gasteiger partial charge in [-0.05, 0) is 37.4 Å². The Morgan fingerprint density at radius 2 is 1.74 bits per heavy atom. The second-order valence-electron chi connectivity index (χ2n) is 8.20. The molecule has 0 fully saturated rings. The van der Waals surface area contributed by atoms with E-state index in [2.05, 4.69) is 30.8 Å². The summed E-state index contributed by atoms with van der Waals surface area (Å²) in [5.74, 6) is 0.819. The molecule has 0 aliphatic carbocycles. The van der Waals surface area contributed by atoms with Crippen LogP contribution in [-0.2, 0) is 22.9 Å². The van der Waals surface area contributed by atoms with Gasteiger partial charge in [-0.2, -0.15) is 0 Å². The van der Waals surface area contributed by atoms with E-state index in [1.165, 1.54) is 0 Å². The summed E-state index contributed by atoms with van der Waals surface area (Å²) in [5, 5.41) is 0.187. The zero-order valence-electron chi connectivity index (χ0n) is 17.2. The van der Waals surface area contributed by atoms with Crippen LogP contribution >= 0.6 is 0 Å². The van der Waals surface area contributed by atoms with Crippen LogP contribution in [0.15, 0.2) is 41.7 Å². The molecule has 0 unspecified atom stereocenters. The van der Waals surface area contributed by atoms with Gasteiger partial charge >= 0.3 is 0 Å². The van der Waals surface area contributed by atoms with Crippen LogP contribution in [0.3, 0.4) is 0 Å². The molecule has 0 radical (unpaired) electrons. The van der Waals surface area contributed by atoms with Crippen LogP contribution in [0, 0.1) is 11.8 Å². The summed E-state index contributed by atoms with van der Waals surface area (Å²) in [7, 11) is -1.34. The molecule has 0 atom stereocenters. The maximum absolute atomic E-state index is 12.9. The Kier molecular flexibility index (Phi) is 7.62. The fraction of sp³-hybridized carbons (Fsp3) is 0.571. The fourth-order valence-electron chi connectivity index (χ4n) is 3.05. The number of rotatable bonds is 10. The van der Waals surface area contributed by atoms with E-state index in [0.29, 0.717) is 19.0 Å². The van der Waals surface area contributed by atoms with Crippen molar-refractivity contribution in [2.24, 2.45) is 11.8 Å². The minimum absolute atomic E-state index is 0.0639. The highest BCUT2D eigenvalue weighted by Crippen LogP contribution is 2.19. The second-order valence-corrected chi connectivity index (χ2v) is 10.1. The van der Waals surface area contributed by atoms with E-state index < -0.39 is 9.84 Å². The van der Waals surface area contributed by atoms with Gasteiger partial charge in [0.15, 0.2) is 0 Å². The molecular weight excluding hydrogens is 358 g/mol. The Morgan fingerprint density at radius 1 is 1.07 bits per heavy atom. The SMILES string of the molecule is CC(C)CCN(C)Cc1cnc(S(=O)(=O)CC(C)C)n1Cc1ccccc1. The second kappa shape index (κ2) is 9.51. The summed E-state index contributed by atoms with van der Waals surface area (Å²) < 4.78 is 27.6. The minimum atomic E-state index is -3.42. The van der Waals surface area contributed by atoms with Crippen molar-refractivity contribution in [3.05, 3.63) is 47.8 Å². The predicted molar refractivity (Wildman–Crippen MR) is 110 cm³/mol. The lowest BCUT2D eigenvalue weighted by molar-refractivity contribution is 0.295. The maximum atomic E-state index is 12.9. The smallest absolute Gasteiger partial charge is 0.228 e. The minimum Gasteiger partial charge on any atom is -0.313 e. The molecule has 27 heavy (non-hydrogen) atoms. The van der Waals surface area contributed by atoms with Crippen molar-refractivity contribution in [1.82, 2.24) is 14.5 Å². The first-order valence-corrected chi connectivity index (χ1v) is 11.3. The zero-order chi connectivity index (χ0) is 20.0. The average Bonchev–Trinajstić information content (AvgIpc) is 2.96. The Balaban J connectivity index is 2.33. The standard InChI is InChI=1S/C21H33N3O2S/c1-17(2)11-12-23(5)15-20-13-22-21(27(25,26)16-18(3)4)24(20)14-19-9-7-6-8-10-19/h6-10,13,17-18H,11-12,14-16H2,1-5H3. The van der Waals surface area contributed by atoms with E-state index in [-0.39, 0.29) is 16.8 Å². The third-order valence-electron chi connectivity index (χ3n) is 4.44. The summed E-state index contributed by atoms with van der Waals surface area (Å²) >= 11 is 0. The van der Waals surface area contributed by atoms with Gasteiger partial charge in [-0.15, -0.1) is 0 Å². The van der Waals surface area contributed by atoms with E-state index in [1.807, 2.05) is 48.7 Å². The van der Waals surface area contributed by atoms with Gasteiger partial charge in [0.05, 0.1) is 24.2 Å². The molecule has 1 aromatic carbocycles. The fourth-order valence-corrected chi connectivity index (χ4v) is 4.81. The Hall–Kier alpha value is -1.66. The van der Waals surface area contributed by atoms with Crippen molar-refractivity contribution in [2.45, 2.75) is 52.4 Å². The predicted octanol–water partition coefficient (Wildman–Crippen LogP) is 3.84. The van der Waals surface area contributed by atoms with Gasteiger partial charge in [0.1, 0.15) is 0 Å². The quantitative estimate of drug-likeness (QED) is 0.617. The lowest BCUT2D eigenvalue weighted by Gasteiger charge is -2.20. The summed E-state index contributed by atoms with van der Waals surface area (Å²) in [5.41, 5.74) is 2.01. The Bertz CT molecular complexity index is 811. The highest BCUT2D eigenvalue weighted by molar-refractivity contribution is 7.91. The van der Waals surface area contributed by atoms with Gasteiger partial charge in [-0.25, -0.2) is 13.4 Å². The summed E-state index contributed by atoms with van der Waals surface area (Å²) in [6, 6.07) is 9.95. The van der Waals surface area contributed by atoms with Crippen LogP contribution < -0.4 is 0 Å². The highest BCUT2D eigenvalue weighted by Gasteiger charge is 2.25. The molecule has 0 N–H and O–H groups in total. The normalized spacial score (nSPS) is 12.4. The molecular formula is C21H33N3O2S. The number of sulfone groups is 1. The molecule has 0 bridgehead atoms. The number of aromatic nitrogens is 2. The first-order valence-electron chi connectivity index (χ1n) is 9.68. The van der Waals surface area contributed by atoms with E-state index in [4.69, 9.17) is 0 Å². The largest absolute Gasteiger partial charge is 0.313 e. The van der Waals surface area contributed by atoms with E-state index in [0.717, 1.165) is 24.2 Å². The van der Waals surface area contributed by atoms with E-state index in [1.54, 1.807) is 6.20 Å². The van der Waals surface area contributed by atoms with E-state index in [9.17, 15) is 8.42 Å². The topological polar surface area (TPSA) is 55.2 Å². The number of nitrogens with zero attached hydrogens (tertiary/aromatic N) is 3. The number of imidazole rings is 1. The number of hydrogen-bond donors (Lipinski definition) is 0. The molecule has 0 saturated carbocycles. The first-order chi connectivity index (χ1) is 12.7. The Labute approximate surface area is 164 Å². The lowest BCUT2D eigenvalue weighted by Crippen LogP contribution is -2.24. The van der Waals surface area contributed by atoms with Crippen molar-refractivity contribution in [1.29, 1.82) is 0 Å². The van der Waals surface area contributed by atoms with Crippen LogP contribution in [-0.4, -0.2) is 42.2 Å². The summed E-state index contributed by atoms with van der Waals surface area (Å²) in [6.07, 6.45) is 2.84. The molecule has 2 rings (SSSR count). The molecule has 150 valence electrons.